The smallest absolute Gasteiger partial charge is 0.257 e. The molecule has 9 nitrogen and oxygen atoms in total. The summed E-state index contributed by atoms with van der Waals surface area (Å²) in [5, 5.41) is 12.0. The highest BCUT2D eigenvalue weighted by Crippen LogP contribution is 2.56. The lowest BCUT2D eigenvalue weighted by Gasteiger charge is -2.33. The van der Waals surface area contributed by atoms with Gasteiger partial charge in [-0.15, -0.1) is 0 Å². The van der Waals surface area contributed by atoms with Gasteiger partial charge in [0.1, 0.15) is 5.82 Å². The second-order valence-corrected chi connectivity index (χ2v) is 13.4. The second-order valence-electron chi connectivity index (χ2n) is 11.6. The van der Waals surface area contributed by atoms with Crippen molar-refractivity contribution in [2.24, 2.45) is 5.41 Å². The predicted octanol–water partition coefficient (Wildman–Crippen LogP) is 4.59. The van der Waals surface area contributed by atoms with Gasteiger partial charge in [-0.3, -0.25) is 9.52 Å². The molecule has 2 aliphatic carbocycles. The van der Waals surface area contributed by atoms with E-state index in [1.54, 1.807) is 23.1 Å². The molecule has 1 aromatic carbocycles. The number of ether oxygens (including phenoxy) is 1. The number of carbonyl (C=O) groups excluding carboxylic acids is 1. The summed E-state index contributed by atoms with van der Waals surface area (Å²) in [6, 6.07) is 6.55. The van der Waals surface area contributed by atoms with Gasteiger partial charge in [0.05, 0.1) is 19.0 Å². The molecule has 2 aromatic rings. The van der Waals surface area contributed by atoms with Gasteiger partial charge < -0.3 is 20.1 Å². The molecular weight excluding hydrogens is 554 g/mol. The minimum absolute atomic E-state index is 0.140. The van der Waals surface area contributed by atoms with Crippen molar-refractivity contribution in [2.45, 2.75) is 57.3 Å². The SMILES string of the molecule is O=C(Nc1cc2c(c(N3CCC(F)(F)CC3)n1)OCC2)c1ccc(NS(=O)(=O)CCO)cc1C1=CCC2(CC1)CC2. The van der Waals surface area contributed by atoms with Gasteiger partial charge in [0.25, 0.3) is 11.8 Å². The summed E-state index contributed by atoms with van der Waals surface area (Å²) in [6.45, 7) is 0.233. The van der Waals surface area contributed by atoms with Crippen molar-refractivity contribution >= 4 is 38.8 Å². The number of aliphatic hydroxyl groups is 1. The maximum atomic E-state index is 13.8. The molecule has 6 rings (SSSR count). The number of allylic oxidation sites excluding steroid dienone is 2. The van der Waals surface area contributed by atoms with Gasteiger partial charge >= 0.3 is 0 Å². The average molecular weight is 589 g/mol. The molecular formula is C29H34F2N4O5S. The standard InChI is InChI=1S/C29H34F2N4O5S/c30-29(31)10-12-35(13-11-29)26-25-20(5-15-40-25)17-24(32-26)33-27(37)22-2-1-21(34-41(38,39)16-14-36)18-23(22)19-3-6-28(7-4-19)8-9-28/h1-3,17-18,34,36H,4-16H2,(H,32,33,37). The topological polar surface area (TPSA) is 121 Å². The van der Waals surface area contributed by atoms with Gasteiger partial charge in [-0.1, -0.05) is 6.08 Å². The van der Waals surface area contributed by atoms with Gasteiger partial charge in [0.15, 0.2) is 11.6 Å². The lowest BCUT2D eigenvalue weighted by Crippen LogP contribution is -2.40. The molecule has 1 spiro atoms. The van der Waals surface area contributed by atoms with E-state index in [9.17, 15) is 22.0 Å². The van der Waals surface area contributed by atoms with Crippen LogP contribution in [0, 0.1) is 5.41 Å². The minimum Gasteiger partial charge on any atom is -0.489 e. The number of piperidine rings is 1. The normalized spacial score (nSPS) is 20.7. The maximum Gasteiger partial charge on any atom is 0.257 e. The number of aromatic nitrogens is 1. The fourth-order valence-corrected chi connectivity index (χ4v) is 6.75. The van der Waals surface area contributed by atoms with Crippen LogP contribution in [0.2, 0.25) is 0 Å². The lowest BCUT2D eigenvalue weighted by molar-refractivity contribution is -0.0222. The number of amides is 1. The number of hydrogen-bond donors (Lipinski definition) is 3. The van der Waals surface area contributed by atoms with E-state index in [2.05, 4.69) is 21.1 Å². The van der Waals surface area contributed by atoms with Gasteiger partial charge in [-0.25, -0.2) is 22.2 Å². The first-order chi connectivity index (χ1) is 19.6. The zero-order chi connectivity index (χ0) is 28.8. The fourth-order valence-electron chi connectivity index (χ4n) is 5.93. The van der Waals surface area contributed by atoms with Crippen molar-refractivity contribution in [1.82, 2.24) is 4.98 Å². The molecule has 2 fully saturated rings. The summed E-state index contributed by atoms with van der Waals surface area (Å²) < 4.78 is 60.5. The summed E-state index contributed by atoms with van der Waals surface area (Å²) in [5.74, 6) is -2.19. The Morgan fingerprint density at radius 2 is 1.88 bits per heavy atom. The average Bonchev–Trinajstić information content (AvgIpc) is 3.50. The van der Waals surface area contributed by atoms with Crippen molar-refractivity contribution in [3.8, 4) is 5.75 Å². The first-order valence-electron chi connectivity index (χ1n) is 14.1. The number of rotatable bonds is 8. The number of fused-ring (bicyclic) bond motifs is 1. The van der Waals surface area contributed by atoms with Crippen LogP contribution in [0.1, 0.15) is 66.4 Å². The van der Waals surface area contributed by atoms with Crippen molar-refractivity contribution < 1.29 is 31.8 Å². The van der Waals surface area contributed by atoms with Crippen molar-refractivity contribution in [3.05, 3.63) is 47.0 Å². The number of anilines is 3. The molecule has 12 heteroatoms. The Morgan fingerprint density at radius 3 is 2.56 bits per heavy atom. The molecule has 0 radical (unpaired) electrons. The predicted molar refractivity (Wildman–Crippen MR) is 152 cm³/mol. The monoisotopic (exact) mass is 588 g/mol. The highest BCUT2D eigenvalue weighted by atomic mass is 32.2. The zero-order valence-electron chi connectivity index (χ0n) is 22.7. The summed E-state index contributed by atoms with van der Waals surface area (Å²) in [4.78, 5) is 20.1. The summed E-state index contributed by atoms with van der Waals surface area (Å²) in [6.07, 6.45) is 7.38. The lowest BCUT2D eigenvalue weighted by atomic mass is 9.83. The molecule has 0 bridgehead atoms. The Kier molecular flexibility index (Phi) is 7.17. The zero-order valence-corrected chi connectivity index (χ0v) is 23.5. The van der Waals surface area contributed by atoms with Crippen LogP contribution in [0.3, 0.4) is 0 Å². The van der Waals surface area contributed by atoms with Crippen LogP contribution in [0.15, 0.2) is 30.3 Å². The Labute approximate surface area is 238 Å². The highest BCUT2D eigenvalue weighted by Gasteiger charge is 2.43. The van der Waals surface area contributed by atoms with Crippen LogP contribution < -0.4 is 19.7 Å². The number of hydrogen-bond acceptors (Lipinski definition) is 7. The number of aliphatic hydroxyl groups excluding tert-OH is 1. The number of sulfonamides is 1. The number of alkyl halides is 2. The van der Waals surface area contributed by atoms with Gasteiger partial charge in [-0.2, -0.15) is 0 Å². The summed E-state index contributed by atoms with van der Waals surface area (Å²) in [7, 11) is -3.74. The fraction of sp³-hybridized carbons (Fsp3) is 0.517. The third kappa shape index (κ3) is 6.04. The largest absolute Gasteiger partial charge is 0.489 e. The van der Waals surface area contributed by atoms with Crippen LogP contribution in [0.25, 0.3) is 5.57 Å². The molecule has 1 aromatic heterocycles. The number of nitrogens with zero attached hydrogens (tertiary/aromatic N) is 2. The second kappa shape index (κ2) is 10.5. The number of pyridine rings is 1. The number of carbonyl (C=O) groups is 1. The first-order valence-corrected chi connectivity index (χ1v) is 15.8. The molecule has 3 heterocycles. The van der Waals surface area contributed by atoms with E-state index in [4.69, 9.17) is 9.84 Å². The third-order valence-corrected chi connectivity index (χ3v) is 9.86. The van der Waals surface area contributed by atoms with Crippen LogP contribution >= 0.6 is 0 Å². The molecule has 1 amide bonds. The van der Waals surface area contributed by atoms with Crippen LogP contribution in [-0.4, -0.2) is 62.4 Å². The Morgan fingerprint density at radius 1 is 1.10 bits per heavy atom. The van der Waals surface area contributed by atoms with E-state index in [0.717, 1.165) is 30.4 Å². The van der Waals surface area contributed by atoms with E-state index in [1.807, 2.05) is 0 Å². The Balaban J connectivity index is 1.30. The summed E-state index contributed by atoms with van der Waals surface area (Å²) >= 11 is 0. The quantitative estimate of drug-likeness (QED) is 0.413. The first kappa shape index (κ1) is 27.9. The third-order valence-electron chi connectivity index (χ3n) is 8.59. The molecule has 0 unspecified atom stereocenters. The van der Waals surface area contributed by atoms with Gasteiger partial charge in [0, 0.05) is 49.2 Å². The van der Waals surface area contributed by atoms with E-state index >= 15 is 0 Å². The van der Waals surface area contributed by atoms with E-state index in [-0.39, 0.29) is 25.9 Å². The Bertz CT molecular complexity index is 1500. The van der Waals surface area contributed by atoms with E-state index in [0.29, 0.717) is 52.6 Å². The van der Waals surface area contributed by atoms with Gasteiger partial charge in [0.2, 0.25) is 10.0 Å². The Hall–Kier alpha value is -3.25. The molecule has 3 N–H and O–H groups in total. The van der Waals surface area contributed by atoms with Crippen molar-refractivity contribution in [3.63, 3.8) is 0 Å². The molecule has 220 valence electrons. The van der Waals surface area contributed by atoms with Crippen LogP contribution in [0.5, 0.6) is 5.75 Å². The van der Waals surface area contributed by atoms with E-state index in [1.165, 1.54) is 18.9 Å². The van der Waals surface area contributed by atoms with Crippen LogP contribution in [0.4, 0.5) is 26.1 Å². The maximum absolute atomic E-state index is 13.8. The molecule has 2 aliphatic heterocycles. The molecule has 41 heavy (non-hydrogen) atoms. The number of nitrogens with one attached hydrogen (secondary N) is 2. The molecule has 4 aliphatic rings. The highest BCUT2D eigenvalue weighted by molar-refractivity contribution is 7.92. The van der Waals surface area contributed by atoms with Gasteiger partial charge in [-0.05, 0) is 72.9 Å². The summed E-state index contributed by atoms with van der Waals surface area (Å²) in [5.41, 5.74) is 3.56. The minimum atomic E-state index is -3.74. The molecule has 1 saturated heterocycles. The van der Waals surface area contributed by atoms with Crippen molar-refractivity contribution in [1.29, 1.82) is 0 Å². The molecule has 0 atom stereocenters. The number of halogens is 2. The molecule has 1 saturated carbocycles. The van der Waals surface area contributed by atoms with Crippen molar-refractivity contribution in [2.75, 3.05) is 47.0 Å². The van der Waals surface area contributed by atoms with Crippen LogP contribution in [-0.2, 0) is 16.4 Å². The van der Waals surface area contributed by atoms with E-state index < -0.39 is 34.2 Å². The number of benzene rings is 1.